The Morgan fingerprint density at radius 1 is 0.956 bits per heavy atom. The second kappa shape index (κ2) is 19.1. The molecule has 1 aromatic carbocycles. The summed E-state index contributed by atoms with van der Waals surface area (Å²) in [4.78, 5) is 39.5. The molecule has 11 heteroatoms. The molecule has 0 heterocycles. The highest BCUT2D eigenvalue weighted by Crippen LogP contribution is 2.70. The number of nitrogens with two attached hydrogens (primary N) is 1. The number of benzene rings is 1. The average molecular weight is 937 g/mol. The monoisotopic (exact) mass is 937 g/mol. The number of likely N-dealkylation sites (N-methyl/N-ethyl adjacent to an activating group) is 1. The standard InChI is InChI=1S/C57H80N2O9/c1-7-22-57(65)24-21-45-42-15-11-36-29-39(60)14-16-41(36)51(42)43(33-55(45,57)4)35-9-12-38(13-10-35)59(6)26-28-66-40-20-23-54(3)37(30-40)31-48(68-53(64)67-27-25-58)52-46-18-17-44(34(2)8-19-50(62)63)56(46,5)49(61)32-47(52)54/h9-10,12-13,29,34,37,40,42-49,52,61,65H,8,11,14-21,23-28,30-33,58H2,1-6H3,(H,62,63)/t34-,37+,40+,42+,43-,44-,45+,46+,47+,48-,49+,52+,54+,55+,56-,57-/m1/s1. The van der Waals surface area contributed by atoms with E-state index in [-0.39, 0.29) is 89.8 Å². The molecule has 0 aliphatic heterocycles. The fourth-order valence-corrected chi connectivity index (χ4v) is 17.0. The molecule has 0 saturated heterocycles. The maximum atomic E-state index is 13.2. The fourth-order valence-electron chi connectivity index (χ4n) is 17.0. The van der Waals surface area contributed by atoms with Gasteiger partial charge in [0.15, 0.2) is 5.78 Å². The molecule has 68 heavy (non-hydrogen) atoms. The van der Waals surface area contributed by atoms with Crippen LogP contribution in [0.5, 0.6) is 0 Å². The Morgan fingerprint density at radius 2 is 1.74 bits per heavy atom. The highest BCUT2D eigenvalue weighted by molar-refractivity contribution is 5.93. The lowest BCUT2D eigenvalue weighted by Gasteiger charge is -2.64. The summed E-state index contributed by atoms with van der Waals surface area (Å²) in [7, 11) is 2.12. The predicted octanol–water partition coefficient (Wildman–Crippen LogP) is 9.38. The first-order valence-corrected chi connectivity index (χ1v) is 26.4. The minimum absolute atomic E-state index is 0.0450. The van der Waals surface area contributed by atoms with Crippen molar-refractivity contribution in [2.45, 2.75) is 167 Å². The summed E-state index contributed by atoms with van der Waals surface area (Å²) < 4.78 is 18.4. The minimum atomic E-state index is -1.00. The van der Waals surface area contributed by atoms with Crippen molar-refractivity contribution < 1.29 is 43.9 Å². The van der Waals surface area contributed by atoms with Crippen LogP contribution < -0.4 is 10.6 Å². The van der Waals surface area contributed by atoms with Crippen molar-refractivity contribution >= 4 is 23.6 Å². The van der Waals surface area contributed by atoms with E-state index < -0.39 is 29.2 Å². The van der Waals surface area contributed by atoms with Gasteiger partial charge in [0.2, 0.25) is 0 Å². The van der Waals surface area contributed by atoms with Gasteiger partial charge in [0.05, 0.1) is 18.8 Å². The maximum Gasteiger partial charge on any atom is 0.508 e. The van der Waals surface area contributed by atoms with Gasteiger partial charge < -0.3 is 40.2 Å². The molecule has 0 aromatic heterocycles. The number of hydrogen-bond acceptors (Lipinski definition) is 10. The summed E-state index contributed by atoms with van der Waals surface area (Å²) >= 11 is 0. The van der Waals surface area contributed by atoms with Crippen molar-refractivity contribution in [3.63, 3.8) is 0 Å². The SMILES string of the molecule is CC#C[C@@]1(O)CC[C@H]2[C@@H]3CCC4=CC(=O)CCC4=C3[C@@H](c3ccc(N(C)CCO[C@H]4CC[C@@]5(C)[C@@H](C4)C[C@@H](OC(=O)OCCN)[C@@H]4[C@@H]5C[C@H](O)[C@]5(C)[C@@H]([C@H](C)CCC(=O)O)CC[C@@H]45)cc3)C[C@@]21C. The Labute approximate surface area is 405 Å². The Hall–Kier alpha value is -3.69. The third-order valence-corrected chi connectivity index (χ3v) is 20.6. The topological polar surface area (TPSA) is 169 Å². The van der Waals surface area contributed by atoms with Gasteiger partial charge in [0.1, 0.15) is 18.3 Å². The van der Waals surface area contributed by atoms with Crippen LogP contribution in [0, 0.1) is 75.4 Å². The molecule has 0 bridgehead atoms. The van der Waals surface area contributed by atoms with Crippen LogP contribution in [0.3, 0.4) is 0 Å². The van der Waals surface area contributed by atoms with E-state index in [1.807, 2.05) is 13.0 Å². The van der Waals surface area contributed by atoms with Gasteiger partial charge in [-0.2, -0.15) is 0 Å². The Balaban J connectivity index is 0.873. The Morgan fingerprint density at radius 3 is 2.47 bits per heavy atom. The third-order valence-electron chi connectivity index (χ3n) is 20.6. The fraction of sp³-hybridized carbons (Fsp3) is 0.737. The predicted molar refractivity (Wildman–Crippen MR) is 261 cm³/mol. The molecular weight excluding hydrogens is 857 g/mol. The van der Waals surface area contributed by atoms with E-state index in [0.717, 1.165) is 82.9 Å². The number of carbonyl (C=O) groups excluding carboxylic acids is 2. The average Bonchev–Trinajstić information content (AvgIpc) is 3.81. The lowest BCUT2D eigenvalue weighted by Crippen LogP contribution is -2.63. The van der Waals surface area contributed by atoms with Crippen LogP contribution in [0.15, 0.2) is 47.1 Å². The summed E-state index contributed by atoms with van der Waals surface area (Å²) in [6.07, 6.45) is 13.1. The van der Waals surface area contributed by atoms with E-state index in [9.17, 15) is 29.7 Å². The Bertz CT molecular complexity index is 2210. The molecule has 1 aromatic rings. The zero-order valence-electron chi connectivity index (χ0n) is 41.8. The van der Waals surface area contributed by atoms with Crippen molar-refractivity contribution in [1.29, 1.82) is 0 Å². The van der Waals surface area contributed by atoms with Crippen LogP contribution in [0.4, 0.5) is 10.5 Å². The van der Waals surface area contributed by atoms with Crippen LogP contribution in [-0.4, -0.2) is 90.5 Å². The van der Waals surface area contributed by atoms with E-state index in [4.69, 9.17) is 19.9 Å². The normalized spacial score (nSPS) is 40.8. The molecule has 11 nitrogen and oxygen atoms in total. The van der Waals surface area contributed by atoms with Gasteiger partial charge in [0.25, 0.3) is 0 Å². The first-order valence-electron chi connectivity index (χ1n) is 26.4. The number of ketones is 1. The number of fused-ring (bicyclic) bond motifs is 9. The first kappa shape index (κ1) is 49.3. The van der Waals surface area contributed by atoms with Crippen LogP contribution >= 0.6 is 0 Å². The number of carboxylic acid groups (broad SMARTS) is 1. The zero-order chi connectivity index (χ0) is 48.3. The van der Waals surface area contributed by atoms with E-state index in [1.54, 1.807) is 0 Å². The largest absolute Gasteiger partial charge is 0.508 e. The van der Waals surface area contributed by atoms with Gasteiger partial charge in [-0.25, -0.2) is 4.79 Å². The molecule has 372 valence electrons. The van der Waals surface area contributed by atoms with Gasteiger partial charge in [-0.1, -0.05) is 51.3 Å². The number of aliphatic hydroxyl groups is 2. The number of nitrogens with zero attached hydrogens (tertiary/aromatic N) is 1. The number of anilines is 1. The summed E-state index contributed by atoms with van der Waals surface area (Å²) in [5, 5.41) is 33.8. The van der Waals surface area contributed by atoms with Crippen LogP contribution in [0.2, 0.25) is 0 Å². The zero-order valence-corrected chi connectivity index (χ0v) is 41.8. The number of ether oxygens (including phenoxy) is 3. The molecule has 0 unspecified atom stereocenters. The first-order chi connectivity index (χ1) is 32.4. The number of allylic oxidation sites excluding steroid dienone is 4. The van der Waals surface area contributed by atoms with Crippen LogP contribution in [0.25, 0.3) is 0 Å². The van der Waals surface area contributed by atoms with Gasteiger partial charge in [-0.05, 0) is 184 Å². The number of aliphatic carboxylic acids is 1. The second-order valence-corrected chi connectivity index (χ2v) is 23.5. The molecule has 8 aliphatic rings. The highest BCUT2D eigenvalue weighted by atomic mass is 16.7. The van der Waals surface area contributed by atoms with E-state index >= 15 is 0 Å². The quantitative estimate of drug-likeness (QED) is 0.110. The van der Waals surface area contributed by atoms with Gasteiger partial charge in [-0.3, -0.25) is 9.59 Å². The third kappa shape index (κ3) is 8.47. The lowest BCUT2D eigenvalue weighted by atomic mass is 9.43. The van der Waals surface area contributed by atoms with Gasteiger partial charge >= 0.3 is 12.1 Å². The molecule has 0 radical (unpaired) electrons. The van der Waals surface area contributed by atoms with E-state index in [0.29, 0.717) is 44.1 Å². The van der Waals surface area contributed by atoms with Crippen LogP contribution in [0.1, 0.15) is 149 Å². The molecule has 5 N–H and O–H groups in total. The maximum absolute atomic E-state index is 13.2. The smallest absolute Gasteiger partial charge is 0.481 e. The van der Waals surface area contributed by atoms with Crippen molar-refractivity contribution in [1.82, 2.24) is 0 Å². The molecular formula is C57H80N2O9. The summed E-state index contributed by atoms with van der Waals surface area (Å²) in [6.45, 7) is 12.6. The molecule has 6 saturated carbocycles. The number of carbonyl (C=O) groups is 3. The van der Waals surface area contributed by atoms with Crippen molar-refractivity contribution in [3.05, 3.63) is 52.6 Å². The van der Waals surface area contributed by atoms with Gasteiger partial charge in [-0.15, -0.1) is 5.92 Å². The summed E-state index contributed by atoms with van der Waals surface area (Å²) in [5.74, 6) is 7.74. The van der Waals surface area contributed by atoms with Gasteiger partial charge in [0, 0.05) is 55.9 Å². The van der Waals surface area contributed by atoms with Crippen molar-refractivity contribution in [3.8, 4) is 11.8 Å². The Kier molecular flexibility index (Phi) is 13.9. The number of hydrogen-bond donors (Lipinski definition) is 4. The lowest BCUT2D eigenvalue weighted by molar-refractivity contribution is -0.211. The molecule has 16 atom stereocenters. The number of carboxylic acids is 1. The summed E-state index contributed by atoms with van der Waals surface area (Å²) in [6, 6.07) is 9.04. The number of aliphatic hydroxyl groups excluding tert-OH is 1. The second-order valence-electron chi connectivity index (χ2n) is 23.5. The summed E-state index contributed by atoms with van der Waals surface area (Å²) in [5.41, 5.74) is 10.5. The van der Waals surface area contributed by atoms with Crippen molar-refractivity contribution in [2.24, 2.45) is 69.3 Å². The minimum Gasteiger partial charge on any atom is -0.481 e. The van der Waals surface area contributed by atoms with E-state index in [2.05, 4.69) is 75.7 Å². The highest BCUT2D eigenvalue weighted by Gasteiger charge is 2.67. The number of rotatable bonds is 13. The molecule has 6 fully saturated rings. The molecule has 9 rings (SSSR count). The van der Waals surface area contributed by atoms with E-state index in [1.165, 1.54) is 22.3 Å². The van der Waals surface area contributed by atoms with Crippen molar-refractivity contribution in [2.75, 3.05) is 38.3 Å². The molecule has 0 spiro atoms. The van der Waals surface area contributed by atoms with Crippen LogP contribution in [-0.2, 0) is 23.8 Å². The molecule has 8 aliphatic carbocycles. The molecule has 0 amide bonds.